The summed E-state index contributed by atoms with van der Waals surface area (Å²) in [6.45, 7) is 42.1. The van der Waals surface area contributed by atoms with Gasteiger partial charge in [0.2, 0.25) is 0 Å². The molecule has 0 amide bonds. The van der Waals surface area contributed by atoms with Crippen molar-refractivity contribution in [3.05, 3.63) is 121 Å². The molecule has 0 heterocycles. The van der Waals surface area contributed by atoms with Crippen LogP contribution < -0.4 is 0 Å². The molecule has 0 bridgehead atoms. The molecule has 0 radical (unpaired) electrons. The van der Waals surface area contributed by atoms with Crippen molar-refractivity contribution in [1.29, 1.82) is 0 Å². The van der Waals surface area contributed by atoms with Crippen molar-refractivity contribution in [3.8, 4) is 17.2 Å². The minimum Gasteiger partial charge on any atom is -0.507 e. The Morgan fingerprint density at radius 1 is 0.292 bits per heavy atom. The Kier molecular flexibility index (Phi) is 21.3. The van der Waals surface area contributed by atoms with Gasteiger partial charge >= 0.3 is 0 Å². The zero-order chi connectivity index (χ0) is 54.0. The fourth-order valence-electron chi connectivity index (χ4n) is 10.9. The molecule has 3 N–H and O–H groups in total. The number of aromatic hydroxyl groups is 3. The Morgan fingerprint density at radius 2 is 0.514 bits per heavy atom. The Labute approximate surface area is 443 Å². The molecule has 3 heteroatoms. The molecule has 0 unspecified atom stereocenters. The van der Waals surface area contributed by atoms with Gasteiger partial charge < -0.3 is 15.3 Å². The van der Waals surface area contributed by atoms with Crippen LogP contribution in [0.3, 0.4) is 0 Å². The number of hydrogen-bond acceptors (Lipinski definition) is 3. The minimum atomic E-state index is -0.252. The molecule has 4 aromatic carbocycles. The first-order valence-corrected chi connectivity index (χ1v) is 29.0. The van der Waals surface area contributed by atoms with Gasteiger partial charge in [0.05, 0.1) is 0 Å². The molecule has 0 saturated carbocycles. The van der Waals surface area contributed by atoms with Gasteiger partial charge in [-0.15, -0.1) is 0 Å². The summed E-state index contributed by atoms with van der Waals surface area (Å²) in [5.41, 5.74) is 13.6. The van der Waals surface area contributed by atoms with Gasteiger partial charge in [-0.3, -0.25) is 0 Å². The number of benzene rings is 4. The first-order chi connectivity index (χ1) is 33.2. The van der Waals surface area contributed by atoms with Crippen molar-refractivity contribution in [3.63, 3.8) is 0 Å². The highest BCUT2D eigenvalue weighted by molar-refractivity contribution is 5.57. The lowest BCUT2D eigenvalue weighted by molar-refractivity contribution is 0.422. The third-order valence-electron chi connectivity index (χ3n) is 15.4. The van der Waals surface area contributed by atoms with Gasteiger partial charge in [0.15, 0.2) is 0 Å². The van der Waals surface area contributed by atoms with Crippen LogP contribution in [0.1, 0.15) is 307 Å². The molecule has 0 spiro atoms. The quantitative estimate of drug-likeness (QED) is 0.0649. The summed E-state index contributed by atoms with van der Waals surface area (Å²) < 4.78 is 0. The number of phenols is 3. The maximum atomic E-state index is 11.9. The first-order valence-electron chi connectivity index (χ1n) is 29.0. The fourth-order valence-corrected chi connectivity index (χ4v) is 10.9. The third kappa shape index (κ3) is 17.4. The van der Waals surface area contributed by atoms with Crippen LogP contribution in [0.5, 0.6) is 17.2 Å². The Balaban J connectivity index is 1.86. The average molecular weight is 986 g/mol. The zero-order valence-corrected chi connectivity index (χ0v) is 50.1. The van der Waals surface area contributed by atoms with Crippen molar-refractivity contribution < 1.29 is 15.3 Å². The molecule has 0 aliphatic heterocycles. The molecule has 0 saturated heterocycles. The highest BCUT2D eigenvalue weighted by Crippen LogP contribution is 2.45. The van der Waals surface area contributed by atoms with Gasteiger partial charge in [0.1, 0.15) is 17.2 Å². The monoisotopic (exact) mass is 985 g/mol. The molecule has 72 heavy (non-hydrogen) atoms. The van der Waals surface area contributed by atoms with Crippen LogP contribution >= 0.6 is 0 Å². The maximum absolute atomic E-state index is 11.9. The smallest absolute Gasteiger partial charge is 0.123 e. The standard InChI is InChI=1S/C69H108O3/c1-20-21-22-23-24-25-26-27-28-29-30-31-32-33-34-35-36-51-37-38-52(39-48-42-55(64(2,3)4)61(70)56(43-48)65(5,6)7)54(41-50-46-59(68(14,15)16)63(72)60(47-50)69(17,18)19)53(51)40-49-44-57(66(8,9)10)62(71)58(45-49)67(11,12)13/h37-38,42-47,70-72H,20-36,39-41H2,1-19H3. The summed E-state index contributed by atoms with van der Waals surface area (Å²) >= 11 is 0. The number of hydrogen-bond donors (Lipinski definition) is 3. The summed E-state index contributed by atoms with van der Waals surface area (Å²) in [6, 6.07) is 18.6. The molecule has 0 aliphatic carbocycles. The molecule has 0 atom stereocenters. The summed E-state index contributed by atoms with van der Waals surface area (Å²) in [6.07, 6.45) is 25.0. The highest BCUT2D eigenvalue weighted by atomic mass is 16.3. The highest BCUT2D eigenvalue weighted by Gasteiger charge is 2.31. The maximum Gasteiger partial charge on any atom is 0.123 e. The van der Waals surface area contributed by atoms with Gasteiger partial charge in [0.25, 0.3) is 0 Å². The van der Waals surface area contributed by atoms with E-state index in [2.05, 4.69) is 180 Å². The zero-order valence-electron chi connectivity index (χ0n) is 50.1. The van der Waals surface area contributed by atoms with E-state index in [0.717, 1.165) is 65.5 Å². The van der Waals surface area contributed by atoms with E-state index < -0.39 is 0 Å². The largest absolute Gasteiger partial charge is 0.507 e. The molecule has 3 nitrogen and oxygen atoms in total. The molecule has 4 rings (SSSR count). The van der Waals surface area contributed by atoms with Gasteiger partial charge in [0, 0.05) is 0 Å². The molecule has 0 aliphatic rings. The molecule has 402 valence electrons. The van der Waals surface area contributed by atoms with Crippen molar-refractivity contribution in [2.45, 2.75) is 292 Å². The number of phenolic OH excluding ortho intramolecular Hbond substituents is 3. The number of aryl methyl sites for hydroxylation is 1. The number of rotatable bonds is 23. The molecule has 4 aromatic rings. The van der Waals surface area contributed by atoms with Gasteiger partial charge in [-0.05, 0) is 137 Å². The Bertz CT molecular complexity index is 2240. The summed E-state index contributed by atoms with van der Waals surface area (Å²) in [5.74, 6) is 1.25. The second-order valence-corrected chi connectivity index (χ2v) is 28.5. The van der Waals surface area contributed by atoms with Crippen molar-refractivity contribution in [2.24, 2.45) is 0 Å². The lowest BCUT2D eigenvalue weighted by Crippen LogP contribution is -2.19. The van der Waals surface area contributed by atoms with Gasteiger partial charge in [-0.2, -0.15) is 0 Å². The van der Waals surface area contributed by atoms with E-state index in [9.17, 15) is 15.3 Å². The Hall–Kier alpha value is -3.72. The second kappa shape index (κ2) is 25.2. The average Bonchev–Trinajstić information content (AvgIpc) is 3.24. The van der Waals surface area contributed by atoms with Crippen LogP contribution in [0.2, 0.25) is 0 Å². The normalized spacial score (nSPS) is 13.1. The topological polar surface area (TPSA) is 60.7 Å². The number of unbranched alkanes of at least 4 members (excludes halogenated alkanes) is 15. The van der Waals surface area contributed by atoms with E-state index in [0.29, 0.717) is 17.2 Å². The SMILES string of the molecule is CCCCCCCCCCCCCCCCCCc1ccc(Cc2cc(C(C)(C)C)c(O)c(C(C)(C)C)c2)c(Cc2cc(C(C)(C)C)c(O)c(C(C)(C)C)c2)c1Cc1cc(C(C)(C)C)c(O)c(C(C)(C)C)c1. The molecule has 0 aromatic heterocycles. The van der Waals surface area contributed by atoms with Crippen LogP contribution in [0.15, 0.2) is 48.5 Å². The van der Waals surface area contributed by atoms with Gasteiger partial charge in [-0.1, -0.05) is 276 Å². The fraction of sp³-hybridized carbons (Fsp3) is 0.652. The van der Waals surface area contributed by atoms with Crippen molar-refractivity contribution in [2.75, 3.05) is 0 Å². The second-order valence-electron chi connectivity index (χ2n) is 28.5. The van der Waals surface area contributed by atoms with Crippen LogP contribution in [-0.2, 0) is 58.2 Å². The molecular formula is C69H108O3. The van der Waals surface area contributed by atoms with E-state index in [1.165, 1.54) is 135 Å². The van der Waals surface area contributed by atoms with Gasteiger partial charge in [-0.25, -0.2) is 0 Å². The van der Waals surface area contributed by atoms with Crippen LogP contribution in [-0.4, -0.2) is 15.3 Å². The Morgan fingerprint density at radius 3 is 0.778 bits per heavy atom. The molecular weight excluding hydrogens is 877 g/mol. The lowest BCUT2D eigenvalue weighted by Gasteiger charge is -2.30. The van der Waals surface area contributed by atoms with E-state index in [4.69, 9.17) is 0 Å². The lowest BCUT2D eigenvalue weighted by atomic mass is 9.76. The van der Waals surface area contributed by atoms with E-state index in [-0.39, 0.29) is 32.5 Å². The van der Waals surface area contributed by atoms with E-state index in [1.54, 1.807) is 0 Å². The van der Waals surface area contributed by atoms with Crippen molar-refractivity contribution in [1.82, 2.24) is 0 Å². The predicted octanol–water partition coefficient (Wildman–Crippen LogP) is 20.2. The summed E-state index contributed by atoms with van der Waals surface area (Å²) in [4.78, 5) is 0. The predicted molar refractivity (Wildman–Crippen MR) is 315 cm³/mol. The van der Waals surface area contributed by atoms with E-state index in [1.807, 2.05) is 0 Å². The minimum absolute atomic E-state index is 0.238. The summed E-state index contributed by atoms with van der Waals surface area (Å²) in [7, 11) is 0. The van der Waals surface area contributed by atoms with Crippen LogP contribution in [0, 0.1) is 0 Å². The van der Waals surface area contributed by atoms with Crippen molar-refractivity contribution >= 4 is 0 Å². The molecule has 0 fully saturated rings. The van der Waals surface area contributed by atoms with Crippen LogP contribution in [0.25, 0.3) is 0 Å². The van der Waals surface area contributed by atoms with Crippen LogP contribution in [0.4, 0.5) is 0 Å². The van der Waals surface area contributed by atoms with E-state index >= 15 is 0 Å². The third-order valence-corrected chi connectivity index (χ3v) is 15.4. The first kappa shape index (κ1) is 60.8. The summed E-state index contributed by atoms with van der Waals surface area (Å²) in [5, 5.41) is 35.7.